The SMILES string of the molecule is COc1c(O)cc(C2CCc3ccc(O)cc3O2)cc1O[C@@H]1O[C@H](CO)[C@@H](O)[C@H](O)[C@H]1O. The second-order valence-corrected chi connectivity index (χ2v) is 7.82. The van der Waals surface area contributed by atoms with E-state index in [1.807, 2.05) is 0 Å². The zero-order chi connectivity index (χ0) is 23.0. The summed E-state index contributed by atoms with van der Waals surface area (Å²) in [6.07, 6.45) is -6.52. The normalized spacial score (nSPS) is 29.7. The predicted molar refractivity (Wildman–Crippen MR) is 109 cm³/mol. The number of ether oxygens (including phenoxy) is 4. The van der Waals surface area contributed by atoms with Crippen molar-refractivity contribution in [2.45, 2.75) is 49.7 Å². The number of phenols is 2. The standard InChI is InChI=1S/C22H26O10/c1-29-21-13(25)6-11(14-5-3-10-2-4-12(24)8-15(10)30-14)7-16(21)31-22-20(28)19(27)18(26)17(9-23)32-22/h2,4,6-8,14,17-20,22-28H,3,5,9H2,1H3/t14?,17-,18-,19+,20-,22-/m1/s1. The third-order valence-electron chi connectivity index (χ3n) is 5.72. The maximum Gasteiger partial charge on any atom is 0.229 e. The molecule has 32 heavy (non-hydrogen) atoms. The Kier molecular flexibility index (Phi) is 6.31. The molecule has 10 heteroatoms. The molecule has 2 aromatic carbocycles. The molecule has 1 saturated heterocycles. The molecule has 0 radical (unpaired) electrons. The molecule has 2 aromatic rings. The van der Waals surface area contributed by atoms with Crippen LogP contribution in [-0.2, 0) is 11.2 Å². The van der Waals surface area contributed by atoms with Crippen LogP contribution in [0.2, 0.25) is 0 Å². The minimum Gasteiger partial charge on any atom is -0.508 e. The quantitative estimate of drug-likeness (QED) is 0.375. The fourth-order valence-electron chi connectivity index (χ4n) is 3.97. The summed E-state index contributed by atoms with van der Waals surface area (Å²) in [5.41, 5.74) is 1.51. The molecule has 1 fully saturated rings. The van der Waals surface area contributed by atoms with Crippen LogP contribution in [0.3, 0.4) is 0 Å². The van der Waals surface area contributed by atoms with Crippen LogP contribution in [0.5, 0.6) is 28.7 Å². The summed E-state index contributed by atoms with van der Waals surface area (Å²) < 4.78 is 22.3. The Labute approximate surface area is 183 Å². The van der Waals surface area contributed by atoms with Crippen LogP contribution in [-0.4, -0.2) is 75.1 Å². The molecule has 2 aliphatic rings. The van der Waals surface area contributed by atoms with Crippen LogP contribution in [0.25, 0.3) is 0 Å². The van der Waals surface area contributed by atoms with Crippen molar-refractivity contribution in [3.05, 3.63) is 41.5 Å². The second kappa shape index (κ2) is 9.00. The van der Waals surface area contributed by atoms with E-state index >= 15 is 0 Å². The highest BCUT2D eigenvalue weighted by molar-refractivity contribution is 5.54. The van der Waals surface area contributed by atoms with E-state index in [0.717, 1.165) is 5.56 Å². The zero-order valence-corrected chi connectivity index (χ0v) is 17.3. The van der Waals surface area contributed by atoms with E-state index in [1.165, 1.54) is 19.2 Å². The van der Waals surface area contributed by atoms with Crippen molar-refractivity contribution in [3.8, 4) is 28.7 Å². The average molecular weight is 450 g/mol. The molecule has 2 aliphatic heterocycles. The number of methoxy groups -OCH3 is 1. The van der Waals surface area contributed by atoms with Gasteiger partial charge in [-0.1, -0.05) is 6.07 Å². The van der Waals surface area contributed by atoms with Gasteiger partial charge in [-0.05, 0) is 42.2 Å². The van der Waals surface area contributed by atoms with Gasteiger partial charge in [0.1, 0.15) is 42.0 Å². The number of hydrogen-bond acceptors (Lipinski definition) is 10. The van der Waals surface area contributed by atoms with Crippen molar-refractivity contribution in [3.63, 3.8) is 0 Å². The molecule has 0 spiro atoms. The van der Waals surface area contributed by atoms with E-state index in [1.54, 1.807) is 18.2 Å². The van der Waals surface area contributed by atoms with Crippen molar-refractivity contribution < 1.29 is 49.6 Å². The Bertz CT molecular complexity index is 962. The third-order valence-corrected chi connectivity index (χ3v) is 5.72. The van der Waals surface area contributed by atoms with E-state index in [0.29, 0.717) is 24.2 Å². The van der Waals surface area contributed by atoms with Gasteiger partial charge in [0.2, 0.25) is 12.0 Å². The predicted octanol–water partition coefficient (Wildman–Crippen LogP) is 0.351. The summed E-state index contributed by atoms with van der Waals surface area (Å²) in [6, 6.07) is 7.93. The summed E-state index contributed by atoms with van der Waals surface area (Å²) >= 11 is 0. The number of benzene rings is 2. The van der Waals surface area contributed by atoms with Gasteiger partial charge in [-0.2, -0.15) is 0 Å². The van der Waals surface area contributed by atoms with Crippen molar-refractivity contribution in [1.82, 2.24) is 0 Å². The minimum atomic E-state index is -1.62. The highest BCUT2D eigenvalue weighted by atomic mass is 16.7. The van der Waals surface area contributed by atoms with Gasteiger partial charge in [-0.15, -0.1) is 0 Å². The maximum atomic E-state index is 10.5. The summed E-state index contributed by atoms with van der Waals surface area (Å²) in [6.45, 7) is -0.602. The first kappa shape index (κ1) is 22.4. The Morgan fingerprint density at radius 3 is 2.53 bits per heavy atom. The van der Waals surface area contributed by atoms with Crippen LogP contribution >= 0.6 is 0 Å². The van der Waals surface area contributed by atoms with Crippen LogP contribution in [0.15, 0.2) is 30.3 Å². The number of aryl methyl sites for hydroxylation is 1. The molecule has 0 bridgehead atoms. The van der Waals surface area contributed by atoms with Gasteiger partial charge in [-0.3, -0.25) is 0 Å². The number of aromatic hydroxyl groups is 2. The highest BCUT2D eigenvalue weighted by Crippen LogP contribution is 2.44. The van der Waals surface area contributed by atoms with Crippen molar-refractivity contribution in [1.29, 1.82) is 0 Å². The van der Waals surface area contributed by atoms with E-state index in [9.17, 15) is 30.6 Å². The molecule has 0 saturated carbocycles. The Hall–Kier alpha value is -2.76. The molecule has 10 nitrogen and oxygen atoms in total. The summed E-state index contributed by atoms with van der Waals surface area (Å²) in [5, 5.41) is 59.8. The smallest absolute Gasteiger partial charge is 0.229 e. The molecule has 6 N–H and O–H groups in total. The molecule has 0 aliphatic carbocycles. The molecule has 6 atom stereocenters. The topological polar surface area (TPSA) is 158 Å². The number of rotatable bonds is 5. The van der Waals surface area contributed by atoms with Gasteiger partial charge in [-0.25, -0.2) is 0 Å². The van der Waals surface area contributed by atoms with Gasteiger partial charge in [0.15, 0.2) is 11.5 Å². The second-order valence-electron chi connectivity index (χ2n) is 7.82. The fourth-order valence-corrected chi connectivity index (χ4v) is 3.97. The molecule has 174 valence electrons. The molecule has 1 unspecified atom stereocenters. The fraction of sp³-hybridized carbons (Fsp3) is 0.455. The summed E-state index contributed by atoms with van der Waals surface area (Å²) in [5.74, 6) is 0.355. The largest absolute Gasteiger partial charge is 0.508 e. The molecule has 2 heterocycles. The molecular formula is C22H26O10. The molecular weight excluding hydrogens is 424 g/mol. The van der Waals surface area contributed by atoms with E-state index < -0.39 is 43.4 Å². The van der Waals surface area contributed by atoms with Gasteiger partial charge in [0.05, 0.1) is 13.7 Å². The lowest BCUT2D eigenvalue weighted by Gasteiger charge is -2.39. The first-order chi connectivity index (χ1) is 15.3. The van der Waals surface area contributed by atoms with Gasteiger partial charge >= 0.3 is 0 Å². The number of hydrogen-bond donors (Lipinski definition) is 6. The lowest BCUT2D eigenvalue weighted by molar-refractivity contribution is -0.277. The first-order valence-electron chi connectivity index (χ1n) is 10.2. The number of aliphatic hydroxyl groups excluding tert-OH is 4. The number of fused-ring (bicyclic) bond motifs is 1. The van der Waals surface area contributed by atoms with Gasteiger partial charge in [0.25, 0.3) is 0 Å². The summed E-state index contributed by atoms with van der Waals surface area (Å²) in [7, 11) is 1.32. The molecule has 0 aromatic heterocycles. The van der Waals surface area contributed by atoms with Crippen LogP contribution in [0, 0.1) is 0 Å². The van der Waals surface area contributed by atoms with Gasteiger partial charge < -0.3 is 49.6 Å². The average Bonchev–Trinajstić information content (AvgIpc) is 2.78. The Balaban J connectivity index is 1.62. The number of aliphatic hydroxyl groups is 4. The van der Waals surface area contributed by atoms with Crippen molar-refractivity contribution in [2.24, 2.45) is 0 Å². The van der Waals surface area contributed by atoms with E-state index in [2.05, 4.69) is 0 Å². The summed E-state index contributed by atoms with van der Waals surface area (Å²) in [4.78, 5) is 0. The van der Waals surface area contributed by atoms with Crippen LogP contribution in [0.1, 0.15) is 23.7 Å². The van der Waals surface area contributed by atoms with Crippen molar-refractivity contribution in [2.75, 3.05) is 13.7 Å². The highest BCUT2D eigenvalue weighted by Gasteiger charge is 2.45. The monoisotopic (exact) mass is 450 g/mol. The lowest BCUT2D eigenvalue weighted by atomic mass is 9.96. The third kappa shape index (κ3) is 4.15. The van der Waals surface area contributed by atoms with E-state index in [-0.39, 0.29) is 23.0 Å². The van der Waals surface area contributed by atoms with Crippen LogP contribution in [0.4, 0.5) is 0 Å². The Morgan fingerprint density at radius 2 is 1.81 bits per heavy atom. The van der Waals surface area contributed by atoms with E-state index in [4.69, 9.17) is 18.9 Å². The minimum absolute atomic E-state index is 0.0112. The van der Waals surface area contributed by atoms with Crippen LogP contribution < -0.4 is 14.2 Å². The number of phenolic OH excluding ortho intramolecular Hbond substituents is 2. The Morgan fingerprint density at radius 1 is 1.03 bits per heavy atom. The maximum absolute atomic E-state index is 10.5. The molecule has 0 amide bonds. The first-order valence-corrected chi connectivity index (χ1v) is 10.2. The van der Waals surface area contributed by atoms with Gasteiger partial charge in [0, 0.05) is 6.07 Å². The lowest BCUT2D eigenvalue weighted by Crippen LogP contribution is -2.60. The van der Waals surface area contributed by atoms with Crippen molar-refractivity contribution >= 4 is 0 Å². The molecule has 4 rings (SSSR count). The zero-order valence-electron chi connectivity index (χ0n) is 17.3.